The summed E-state index contributed by atoms with van der Waals surface area (Å²) in [6, 6.07) is 14.8. The second-order valence-electron chi connectivity index (χ2n) is 7.10. The van der Waals surface area contributed by atoms with Gasteiger partial charge in [-0.15, -0.1) is 0 Å². The first kappa shape index (κ1) is 16.2. The van der Waals surface area contributed by atoms with E-state index >= 15 is 0 Å². The third-order valence-corrected chi connectivity index (χ3v) is 5.42. The lowest BCUT2D eigenvalue weighted by Crippen LogP contribution is -2.34. The first-order chi connectivity index (χ1) is 12.3. The summed E-state index contributed by atoms with van der Waals surface area (Å²) in [6.45, 7) is 0.0924. The van der Waals surface area contributed by atoms with Gasteiger partial charge in [-0.2, -0.15) is 0 Å². The van der Waals surface area contributed by atoms with Crippen LogP contribution in [0.5, 0.6) is 5.75 Å². The van der Waals surface area contributed by atoms with E-state index in [-0.39, 0.29) is 18.6 Å². The highest BCUT2D eigenvalue weighted by Crippen LogP contribution is 2.30. The molecule has 1 N–H and O–H groups in total. The number of nitrogens with one attached hydrogen (secondary N) is 1. The lowest BCUT2D eigenvalue weighted by atomic mass is 9.88. The van der Waals surface area contributed by atoms with Gasteiger partial charge in [-0.25, -0.2) is 0 Å². The first-order valence-corrected chi connectivity index (χ1v) is 9.42. The molecule has 130 valence electrons. The molecular formula is C22H25NO2. The van der Waals surface area contributed by atoms with E-state index in [9.17, 15) is 4.79 Å². The van der Waals surface area contributed by atoms with Gasteiger partial charge in [0.2, 0.25) is 0 Å². The summed E-state index contributed by atoms with van der Waals surface area (Å²) < 4.78 is 5.88. The molecule has 0 radical (unpaired) electrons. The van der Waals surface area contributed by atoms with Gasteiger partial charge in [0.1, 0.15) is 5.75 Å². The summed E-state index contributed by atoms with van der Waals surface area (Å²) in [6.07, 6.45) is 7.87. The second-order valence-corrected chi connectivity index (χ2v) is 7.10. The van der Waals surface area contributed by atoms with Crippen LogP contribution in [0.1, 0.15) is 54.0 Å². The van der Waals surface area contributed by atoms with E-state index in [0.29, 0.717) is 0 Å². The van der Waals surface area contributed by atoms with Gasteiger partial charge in [0.15, 0.2) is 6.61 Å². The van der Waals surface area contributed by atoms with E-state index in [2.05, 4.69) is 35.6 Å². The molecule has 2 aliphatic rings. The highest BCUT2D eigenvalue weighted by Gasteiger charge is 2.22. The van der Waals surface area contributed by atoms with Crippen LogP contribution in [0.15, 0.2) is 42.5 Å². The Kier molecular flexibility index (Phi) is 4.73. The van der Waals surface area contributed by atoms with Crippen molar-refractivity contribution < 1.29 is 9.53 Å². The summed E-state index contributed by atoms with van der Waals surface area (Å²) in [5.41, 5.74) is 5.30. The molecule has 1 amide bonds. The molecule has 0 heterocycles. The van der Waals surface area contributed by atoms with E-state index in [1.807, 2.05) is 12.1 Å². The molecule has 2 aromatic carbocycles. The Balaban J connectivity index is 1.39. The Morgan fingerprint density at radius 3 is 2.72 bits per heavy atom. The number of carbonyl (C=O) groups is 1. The van der Waals surface area contributed by atoms with Gasteiger partial charge in [-0.3, -0.25) is 4.79 Å². The van der Waals surface area contributed by atoms with Gasteiger partial charge >= 0.3 is 0 Å². The van der Waals surface area contributed by atoms with E-state index < -0.39 is 0 Å². The first-order valence-electron chi connectivity index (χ1n) is 9.42. The van der Waals surface area contributed by atoms with Crippen molar-refractivity contribution in [3.63, 3.8) is 0 Å². The number of rotatable bonds is 4. The molecule has 0 saturated carbocycles. The minimum Gasteiger partial charge on any atom is -0.483 e. The molecule has 1 atom stereocenters. The normalized spacial score (nSPS) is 18.8. The monoisotopic (exact) mass is 335 g/mol. The molecule has 0 bridgehead atoms. The van der Waals surface area contributed by atoms with Crippen LogP contribution >= 0.6 is 0 Å². The number of fused-ring (bicyclic) bond motifs is 2. The molecule has 0 spiro atoms. The molecule has 2 aromatic rings. The van der Waals surface area contributed by atoms with Gasteiger partial charge < -0.3 is 10.1 Å². The van der Waals surface area contributed by atoms with E-state index in [4.69, 9.17) is 4.74 Å². The van der Waals surface area contributed by atoms with Crippen LogP contribution in [-0.4, -0.2) is 12.5 Å². The van der Waals surface area contributed by atoms with Crippen LogP contribution in [0.4, 0.5) is 0 Å². The molecule has 0 fully saturated rings. The molecule has 3 heteroatoms. The Labute approximate surface area is 149 Å². The van der Waals surface area contributed by atoms with Gasteiger partial charge in [0.05, 0.1) is 6.04 Å². The Morgan fingerprint density at radius 1 is 0.960 bits per heavy atom. The Morgan fingerprint density at radius 2 is 1.76 bits per heavy atom. The van der Waals surface area contributed by atoms with Crippen molar-refractivity contribution >= 4 is 5.91 Å². The van der Waals surface area contributed by atoms with Gasteiger partial charge in [0.25, 0.3) is 5.91 Å². The fourth-order valence-electron chi connectivity index (χ4n) is 4.16. The van der Waals surface area contributed by atoms with Crippen LogP contribution in [-0.2, 0) is 24.1 Å². The van der Waals surface area contributed by atoms with Crippen molar-refractivity contribution in [2.75, 3.05) is 6.61 Å². The second kappa shape index (κ2) is 7.30. The SMILES string of the molecule is O=C(COc1cccc2c1CCCC2)NC1CCCc2ccccc21. The van der Waals surface area contributed by atoms with Crippen molar-refractivity contribution in [2.45, 2.75) is 51.0 Å². The summed E-state index contributed by atoms with van der Waals surface area (Å²) in [5, 5.41) is 3.16. The molecule has 0 aliphatic heterocycles. The van der Waals surface area contributed by atoms with E-state index in [0.717, 1.165) is 37.9 Å². The summed E-state index contributed by atoms with van der Waals surface area (Å²) in [4.78, 5) is 12.4. The lowest BCUT2D eigenvalue weighted by Gasteiger charge is -2.26. The van der Waals surface area contributed by atoms with Gasteiger partial charge in [0, 0.05) is 0 Å². The number of amides is 1. The van der Waals surface area contributed by atoms with Crippen molar-refractivity contribution in [3.8, 4) is 5.75 Å². The molecule has 1 unspecified atom stereocenters. The molecule has 0 saturated heterocycles. The largest absolute Gasteiger partial charge is 0.483 e. The standard InChI is InChI=1S/C22H25NO2/c24-22(23-20-13-5-9-16-7-1-3-11-18(16)20)15-25-21-14-6-10-17-8-2-4-12-19(17)21/h1,3,6-7,10-11,14,20H,2,4-5,8-9,12-13,15H2,(H,23,24). The molecule has 3 nitrogen and oxygen atoms in total. The zero-order valence-electron chi connectivity index (χ0n) is 14.6. The maximum atomic E-state index is 12.4. The molecule has 2 aliphatic carbocycles. The number of hydrogen-bond acceptors (Lipinski definition) is 2. The van der Waals surface area contributed by atoms with Crippen molar-refractivity contribution in [1.29, 1.82) is 0 Å². The van der Waals surface area contributed by atoms with Gasteiger partial charge in [-0.1, -0.05) is 36.4 Å². The molecular weight excluding hydrogens is 310 g/mol. The Bertz CT molecular complexity index is 768. The predicted molar refractivity (Wildman–Crippen MR) is 98.8 cm³/mol. The van der Waals surface area contributed by atoms with Gasteiger partial charge in [-0.05, 0) is 73.3 Å². The number of carbonyl (C=O) groups excluding carboxylic acids is 1. The average molecular weight is 335 g/mol. The summed E-state index contributed by atoms with van der Waals surface area (Å²) >= 11 is 0. The summed E-state index contributed by atoms with van der Waals surface area (Å²) in [5.74, 6) is 0.853. The maximum Gasteiger partial charge on any atom is 0.258 e. The third-order valence-electron chi connectivity index (χ3n) is 5.42. The van der Waals surface area contributed by atoms with Crippen LogP contribution in [0.25, 0.3) is 0 Å². The maximum absolute atomic E-state index is 12.4. The van der Waals surface area contributed by atoms with Crippen LogP contribution in [0, 0.1) is 0 Å². The third kappa shape index (κ3) is 3.55. The zero-order valence-corrected chi connectivity index (χ0v) is 14.6. The molecule has 25 heavy (non-hydrogen) atoms. The highest BCUT2D eigenvalue weighted by molar-refractivity contribution is 5.78. The lowest BCUT2D eigenvalue weighted by molar-refractivity contribution is -0.124. The van der Waals surface area contributed by atoms with Crippen LogP contribution < -0.4 is 10.1 Å². The van der Waals surface area contributed by atoms with E-state index in [1.54, 1.807) is 0 Å². The summed E-state index contributed by atoms with van der Waals surface area (Å²) in [7, 11) is 0. The number of benzene rings is 2. The number of ether oxygens (including phenoxy) is 1. The van der Waals surface area contributed by atoms with Crippen molar-refractivity contribution in [2.24, 2.45) is 0 Å². The average Bonchev–Trinajstić information content (AvgIpc) is 2.66. The highest BCUT2D eigenvalue weighted by atomic mass is 16.5. The van der Waals surface area contributed by atoms with Crippen molar-refractivity contribution in [1.82, 2.24) is 5.32 Å². The number of hydrogen-bond donors (Lipinski definition) is 1. The predicted octanol–water partition coefficient (Wildman–Crippen LogP) is 4.14. The van der Waals surface area contributed by atoms with E-state index in [1.165, 1.54) is 35.1 Å². The minimum atomic E-state index is -0.0323. The fraction of sp³-hybridized carbons (Fsp3) is 0.409. The minimum absolute atomic E-state index is 0.0323. The topological polar surface area (TPSA) is 38.3 Å². The smallest absolute Gasteiger partial charge is 0.258 e. The molecule has 4 rings (SSSR count). The number of aryl methyl sites for hydroxylation is 2. The van der Waals surface area contributed by atoms with Crippen LogP contribution in [0.3, 0.4) is 0 Å². The van der Waals surface area contributed by atoms with Crippen molar-refractivity contribution in [3.05, 3.63) is 64.7 Å². The fourth-order valence-corrected chi connectivity index (χ4v) is 4.16. The quantitative estimate of drug-likeness (QED) is 0.912. The zero-order chi connectivity index (χ0) is 17.1. The van der Waals surface area contributed by atoms with Crippen LogP contribution in [0.2, 0.25) is 0 Å². The molecule has 0 aromatic heterocycles. The Hall–Kier alpha value is -2.29.